The van der Waals surface area contributed by atoms with Crippen LogP contribution < -0.4 is 5.73 Å². The lowest BCUT2D eigenvalue weighted by atomic mass is 10.2. The van der Waals surface area contributed by atoms with Crippen LogP contribution in [-0.2, 0) is 15.3 Å². The number of nitrogens with two attached hydrogens (primary N) is 1. The Labute approximate surface area is 122 Å². The van der Waals surface area contributed by atoms with Gasteiger partial charge < -0.3 is 10.5 Å². The number of hydrogen-bond donors (Lipinski definition) is 1. The number of thioether (sulfide) groups is 1. The summed E-state index contributed by atoms with van der Waals surface area (Å²) in [4.78, 5) is 15.8. The first kappa shape index (κ1) is 14.8. The lowest BCUT2D eigenvalue weighted by molar-refractivity contribution is -0.142. The highest BCUT2D eigenvalue weighted by atomic mass is 32.2. The predicted molar refractivity (Wildman–Crippen MR) is 82.5 cm³/mol. The topological polar surface area (TPSA) is 65.2 Å². The lowest BCUT2D eigenvalue weighted by Gasteiger charge is -2.08. The maximum Gasteiger partial charge on any atom is 0.322 e. The van der Waals surface area contributed by atoms with E-state index in [2.05, 4.69) is 21.9 Å². The molecule has 2 N–H and O–H groups in total. The first-order chi connectivity index (χ1) is 9.70. The fourth-order valence-corrected chi connectivity index (χ4v) is 2.78. The highest BCUT2D eigenvalue weighted by Gasteiger charge is 2.12. The van der Waals surface area contributed by atoms with E-state index in [4.69, 9.17) is 5.73 Å². The largest absolute Gasteiger partial charge is 0.468 e. The number of carbonyl (C=O) groups is 1. The van der Waals surface area contributed by atoms with Crippen molar-refractivity contribution in [2.24, 2.45) is 5.73 Å². The second-order valence-corrected chi connectivity index (χ2v) is 5.57. The van der Waals surface area contributed by atoms with E-state index in [-0.39, 0.29) is 5.97 Å². The van der Waals surface area contributed by atoms with Crippen LogP contribution in [0.25, 0.3) is 10.9 Å². The zero-order valence-corrected chi connectivity index (χ0v) is 12.2. The van der Waals surface area contributed by atoms with Crippen molar-refractivity contribution < 1.29 is 9.53 Å². The number of rotatable bonds is 6. The van der Waals surface area contributed by atoms with Gasteiger partial charge >= 0.3 is 5.97 Å². The molecule has 0 radical (unpaired) electrons. The second-order valence-electron chi connectivity index (χ2n) is 4.47. The molecule has 2 aromatic rings. The first-order valence-corrected chi connectivity index (χ1v) is 7.62. The molecule has 0 spiro atoms. The SMILES string of the molecule is COC(=O)C(N)CCSCc1ccc2ccccc2n1. The third-order valence-corrected chi connectivity index (χ3v) is 4.01. The van der Waals surface area contributed by atoms with E-state index in [1.165, 1.54) is 7.11 Å². The summed E-state index contributed by atoms with van der Waals surface area (Å²) in [6.45, 7) is 0. The number of esters is 1. The van der Waals surface area contributed by atoms with Crippen molar-refractivity contribution in [2.75, 3.05) is 12.9 Å². The Kier molecular flexibility index (Phi) is 5.38. The van der Waals surface area contributed by atoms with Crippen LogP contribution in [0.2, 0.25) is 0 Å². The van der Waals surface area contributed by atoms with Crippen molar-refractivity contribution in [1.29, 1.82) is 0 Å². The van der Waals surface area contributed by atoms with E-state index in [1.807, 2.05) is 24.3 Å². The van der Waals surface area contributed by atoms with Crippen LogP contribution in [0, 0.1) is 0 Å². The van der Waals surface area contributed by atoms with Gasteiger partial charge in [0, 0.05) is 11.1 Å². The molecule has 0 saturated carbocycles. The average molecular weight is 290 g/mol. The zero-order chi connectivity index (χ0) is 14.4. The van der Waals surface area contributed by atoms with Gasteiger partial charge in [-0.1, -0.05) is 24.3 Å². The molecule has 1 aromatic heterocycles. The van der Waals surface area contributed by atoms with Crippen molar-refractivity contribution in [3.05, 3.63) is 42.1 Å². The first-order valence-electron chi connectivity index (χ1n) is 6.46. The van der Waals surface area contributed by atoms with Crippen molar-refractivity contribution in [3.63, 3.8) is 0 Å². The van der Waals surface area contributed by atoms with Gasteiger partial charge in [-0.2, -0.15) is 11.8 Å². The minimum absolute atomic E-state index is 0.352. The van der Waals surface area contributed by atoms with Crippen LogP contribution in [-0.4, -0.2) is 29.9 Å². The fourth-order valence-electron chi connectivity index (χ4n) is 1.84. The molecule has 1 heterocycles. The Hall–Kier alpha value is -1.59. The van der Waals surface area contributed by atoms with Gasteiger partial charge in [-0.25, -0.2) is 0 Å². The Bertz CT molecular complexity index is 589. The zero-order valence-electron chi connectivity index (χ0n) is 11.4. The maximum absolute atomic E-state index is 11.2. The van der Waals surface area contributed by atoms with Gasteiger partial charge in [0.05, 0.1) is 18.3 Å². The molecule has 1 unspecified atom stereocenters. The molecule has 0 aliphatic heterocycles. The number of para-hydroxylation sites is 1. The van der Waals surface area contributed by atoms with E-state index in [0.29, 0.717) is 6.42 Å². The summed E-state index contributed by atoms with van der Waals surface area (Å²) in [5.74, 6) is 1.28. The fraction of sp³-hybridized carbons (Fsp3) is 0.333. The summed E-state index contributed by atoms with van der Waals surface area (Å²) >= 11 is 1.72. The van der Waals surface area contributed by atoms with Crippen LogP contribution >= 0.6 is 11.8 Å². The number of methoxy groups -OCH3 is 1. The molecule has 0 amide bonds. The number of hydrogen-bond acceptors (Lipinski definition) is 5. The number of nitrogens with zero attached hydrogens (tertiary/aromatic N) is 1. The smallest absolute Gasteiger partial charge is 0.322 e. The molecule has 4 nitrogen and oxygen atoms in total. The third kappa shape index (κ3) is 3.95. The van der Waals surface area contributed by atoms with Gasteiger partial charge in [-0.3, -0.25) is 9.78 Å². The molecule has 5 heteroatoms. The normalized spacial score (nSPS) is 12.3. The van der Waals surface area contributed by atoms with Gasteiger partial charge in [-0.15, -0.1) is 0 Å². The standard InChI is InChI=1S/C15H18N2O2S/c1-19-15(18)13(16)8-9-20-10-12-7-6-11-4-2-3-5-14(11)17-12/h2-7,13H,8-10,16H2,1H3. The molecule has 0 aliphatic carbocycles. The van der Waals surface area contributed by atoms with Gasteiger partial charge in [-0.05, 0) is 24.3 Å². The molecule has 1 atom stereocenters. The number of benzene rings is 1. The Morgan fingerprint density at radius 1 is 1.35 bits per heavy atom. The van der Waals surface area contributed by atoms with Crippen LogP contribution in [0.5, 0.6) is 0 Å². The lowest BCUT2D eigenvalue weighted by Crippen LogP contribution is -2.31. The molecule has 1 aromatic carbocycles. The summed E-state index contributed by atoms with van der Waals surface area (Å²) in [6, 6.07) is 11.6. The molecular formula is C15H18N2O2S. The number of fused-ring (bicyclic) bond motifs is 1. The van der Waals surface area contributed by atoms with Crippen molar-refractivity contribution in [1.82, 2.24) is 4.98 Å². The van der Waals surface area contributed by atoms with Crippen molar-refractivity contribution >= 4 is 28.6 Å². The monoisotopic (exact) mass is 290 g/mol. The number of aromatic nitrogens is 1. The summed E-state index contributed by atoms with van der Waals surface area (Å²) in [5.41, 5.74) is 7.73. The van der Waals surface area contributed by atoms with E-state index in [1.54, 1.807) is 11.8 Å². The minimum Gasteiger partial charge on any atom is -0.468 e. The van der Waals surface area contributed by atoms with E-state index in [9.17, 15) is 4.79 Å². The molecule has 2 rings (SSSR count). The number of pyridine rings is 1. The van der Waals surface area contributed by atoms with Crippen LogP contribution in [0.1, 0.15) is 12.1 Å². The molecule has 106 valence electrons. The molecule has 0 saturated heterocycles. The molecule has 0 bridgehead atoms. The highest BCUT2D eigenvalue weighted by molar-refractivity contribution is 7.98. The number of carbonyl (C=O) groups excluding carboxylic acids is 1. The van der Waals surface area contributed by atoms with Gasteiger partial charge in [0.15, 0.2) is 0 Å². The average Bonchev–Trinajstić information content (AvgIpc) is 2.50. The van der Waals surface area contributed by atoms with Crippen LogP contribution in [0.3, 0.4) is 0 Å². The highest BCUT2D eigenvalue weighted by Crippen LogP contribution is 2.16. The Morgan fingerprint density at radius 2 is 2.15 bits per heavy atom. The van der Waals surface area contributed by atoms with E-state index >= 15 is 0 Å². The number of ether oxygens (including phenoxy) is 1. The Morgan fingerprint density at radius 3 is 2.95 bits per heavy atom. The summed E-state index contributed by atoms with van der Waals surface area (Å²) in [5, 5.41) is 1.15. The quantitative estimate of drug-likeness (QED) is 0.653. The van der Waals surface area contributed by atoms with Gasteiger partial charge in [0.1, 0.15) is 6.04 Å². The van der Waals surface area contributed by atoms with Crippen molar-refractivity contribution in [3.8, 4) is 0 Å². The molecule has 20 heavy (non-hydrogen) atoms. The molecular weight excluding hydrogens is 272 g/mol. The maximum atomic E-state index is 11.2. The summed E-state index contributed by atoms with van der Waals surface area (Å²) in [6.07, 6.45) is 0.616. The van der Waals surface area contributed by atoms with E-state index < -0.39 is 6.04 Å². The second kappa shape index (κ2) is 7.26. The van der Waals surface area contributed by atoms with E-state index in [0.717, 1.165) is 28.1 Å². The van der Waals surface area contributed by atoms with Gasteiger partial charge in [0.25, 0.3) is 0 Å². The third-order valence-electron chi connectivity index (χ3n) is 2.98. The van der Waals surface area contributed by atoms with Gasteiger partial charge in [0.2, 0.25) is 0 Å². The summed E-state index contributed by atoms with van der Waals surface area (Å²) < 4.78 is 4.59. The minimum atomic E-state index is -0.530. The molecule has 0 fully saturated rings. The Balaban J connectivity index is 1.82. The summed E-state index contributed by atoms with van der Waals surface area (Å²) in [7, 11) is 1.36. The van der Waals surface area contributed by atoms with Crippen LogP contribution in [0.4, 0.5) is 0 Å². The van der Waals surface area contributed by atoms with Crippen molar-refractivity contribution in [2.45, 2.75) is 18.2 Å². The van der Waals surface area contributed by atoms with Crippen LogP contribution in [0.15, 0.2) is 36.4 Å². The predicted octanol–water partition coefficient (Wildman–Crippen LogP) is 2.36. The molecule has 0 aliphatic rings.